The highest BCUT2D eigenvalue weighted by Gasteiger charge is 2.36. The van der Waals surface area contributed by atoms with Crippen LogP contribution in [0.3, 0.4) is 0 Å². The van der Waals surface area contributed by atoms with Crippen LogP contribution in [0.2, 0.25) is 0 Å². The van der Waals surface area contributed by atoms with Gasteiger partial charge < -0.3 is 0 Å². The molecule has 1 fully saturated rings. The smallest absolute Gasteiger partial charge is 0.102 e. The molecule has 2 nitrogen and oxygen atoms in total. The van der Waals surface area contributed by atoms with E-state index in [4.69, 9.17) is 4.98 Å². The van der Waals surface area contributed by atoms with Gasteiger partial charge in [0.1, 0.15) is 6.07 Å². The van der Waals surface area contributed by atoms with Crippen molar-refractivity contribution in [2.24, 2.45) is 0 Å². The number of benzene rings is 1. The summed E-state index contributed by atoms with van der Waals surface area (Å²) in [5.41, 5.74) is 6.95. The average Bonchev–Trinajstić information content (AvgIpc) is 2.96. The third kappa shape index (κ3) is 2.86. The second-order valence-electron chi connectivity index (χ2n) is 7.94. The normalized spacial score (nSPS) is 19.0. The summed E-state index contributed by atoms with van der Waals surface area (Å²) in [6, 6.07) is 13.1. The van der Waals surface area contributed by atoms with Crippen molar-refractivity contribution in [3.63, 3.8) is 0 Å². The number of nitrogens with zero attached hydrogens (tertiary/aromatic N) is 2. The van der Waals surface area contributed by atoms with Gasteiger partial charge in [0, 0.05) is 16.7 Å². The molecule has 128 valence electrons. The van der Waals surface area contributed by atoms with E-state index >= 15 is 0 Å². The first-order valence-corrected chi connectivity index (χ1v) is 9.75. The molecule has 1 aromatic carbocycles. The first-order valence-electron chi connectivity index (χ1n) is 9.75. The van der Waals surface area contributed by atoms with Crippen LogP contribution < -0.4 is 0 Å². The van der Waals surface area contributed by atoms with E-state index in [1.165, 1.54) is 54.5 Å². The summed E-state index contributed by atoms with van der Waals surface area (Å²) in [7, 11) is 0. The second-order valence-corrected chi connectivity index (χ2v) is 7.94. The molecule has 2 heteroatoms. The lowest BCUT2D eigenvalue weighted by molar-refractivity contribution is 0.472. The average molecular weight is 330 g/mol. The molecule has 1 aromatic heterocycles. The van der Waals surface area contributed by atoms with Crippen molar-refractivity contribution in [1.29, 1.82) is 5.26 Å². The molecule has 2 aliphatic rings. The van der Waals surface area contributed by atoms with Crippen LogP contribution in [0.1, 0.15) is 74.4 Å². The molecule has 0 radical (unpaired) electrons. The van der Waals surface area contributed by atoms with Crippen molar-refractivity contribution in [3.8, 4) is 17.2 Å². The number of aromatic nitrogens is 1. The Bertz CT molecular complexity index is 808. The molecule has 4 rings (SSSR count). The van der Waals surface area contributed by atoms with E-state index in [1.807, 2.05) is 0 Å². The number of hydrogen-bond donors (Lipinski definition) is 0. The molecule has 1 saturated carbocycles. The Hall–Kier alpha value is -2.14. The fraction of sp³-hybridized carbons (Fsp3) is 0.478. The van der Waals surface area contributed by atoms with E-state index in [0.717, 1.165) is 36.9 Å². The van der Waals surface area contributed by atoms with Crippen LogP contribution in [0.15, 0.2) is 30.3 Å². The van der Waals surface area contributed by atoms with Crippen LogP contribution in [0.25, 0.3) is 11.1 Å². The molecule has 2 aliphatic carbocycles. The maximum atomic E-state index is 10.1. The van der Waals surface area contributed by atoms with E-state index in [0.29, 0.717) is 0 Å². The van der Waals surface area contributed by atoms with Crippen molar-refractivity contribution < 1.29 is 0 Å². The largest absolute Gasteiger partial charge is 0.256 e. The van der Waals surface area contributed by atoms with Gasteiger partial charge in [-0.1, -0.05) is 56.5 Å². The zero-order valence-corrected chi connectivity index (χ0v) is 15.1. The third-order valence-corrected chi connectivity index (χ3v) is 6.18. The molecule has 0 aliphatic heterocycles. The maximum Gasteiger partial charge on any atom is 0.102 e. The lowest BCUT2D eigenvalue weighted by Crippen LogP contribution is -2.23. The van der Waals surface area contributed by atoms with Crippen molar-refractivity contribution in [1.82, 2.24) is 4.98 Å². The molecular weight excluding hydrogens is 304 g/mol. The number of fused-ring (bicyclic) bond motifs is 1. The predicted octanol–water partition coefficient (Wildman–Crippen LogP) is 5.72. The minimum absolute atomic E-state index is 0.0654. The molecule has 0 saturated heterocycles. The van der Waals surface area contributed by atoms with Gasteiger partial charge in [-0.25, -0.2) is 0 Å². The minimum Gasteiger partial charge on any atom is -0.256 e. The molecule has 0 spiro atoms. The predicted molar refractivity (Wildman–Crippen MR) is 101 cm³/mol. The summed E-state index contributed by atoms with van der Waals surface area (Å²) < 4.78 is 0. The molecule has 0 unspecified atom stereocenters. The van der Waals surface area contributed by atoms with E-state index in [2.05, 4.69) is 43.3 Å². The van der Waals surface area contributed by atoms with Crippen LogP contribution >= 0.6 is 0 Å². The van der Waals surface area contributed by atoms with Gasteiger partial charge in [0.15, 0.2) is 0 Å². The molecular formula is C23H26N2. The monoisotopic (exact) mass is 330 g/mol. The molecule has 2 aromatic rings. The fourth-order valence-corrected chi connectivity index (χ4v) is 4.78. The topological polar surface area (TPSA) is 36.7 Å². The molecule has 0 N–H and O–H groups in total. The Morgan fingerprint density at radius 1 is 0.960 bits per heavy atom. The summed E-state index contributed by atoms with van der Waals surface area (Å²) in [5, 5.41) is 10.1. The third-order valence-electron chi connectivity index (χ3n) is 6.18. The zero-order valence-electron chi connectivity index (χ0n) is 15.1. The van der Waals surface area contributed by atoms with Crippen molar-refractivity contribution in [2.45, 2.75) is 70.1 Å². The van der Waals surface area contributed by atoms with Crippen LogP contribution in [0, 0.1) is 11.3 Å². The van der Waals surface area contributed by atoms with E-state index < -0.39 is 0 Å². The lowest BCUT2D eigenvalue weighted by Gasteiger charge is -2.27. The fourth-order valence-electron chi connectivity index (χ4n) is 4.78. The van der Waals surface area contributed by atoms with Gasteiger partial charge in [-0.3, -0.25) is 4.98 Å². The Balaban J connectivity index is 2.01. The van der Waals surface area contributed by atoms with Crippen LogP contribution in [-0.4, -0.2) is 4.98 Å². The first kappa shape index (κ1) is 16.3. The van der Waals surface area contributed by atoms with Crippen LogP contribution in [0.5, 0.6) is 0 Å². The highest BCUT2D eigenvalue weighted by Crippen LogP contribution is 2.44. The molecule has 25 heavy (non-hydrogen) atoms. The van der Waals surface area contributed by atoms with Gasteiger partial charge in [-0.2, -0.15) is 5.26 Å². The molecule has 1 heterocycles. The summed E-state index contributed by atoms with van der Waals surface area (Å²) in [6.45, 7) is 2.32. The van der Waals surface area contributed by atoms with E-state index in [1.54, 1.807) is 0 Å². The Kier molecular flexibility index (Phi) is 4.34. The second kappa shape index (κ2) is 6.64. The zero-order chi connectivity index (χ0) is 17.3. The van der Waals surface area contributed by atoms with Gasteiger partial charge >= 0.3 is 0 Å². The lowest BCUT2D eigenvalue weighted by atomic mass is 9.79. The molecule has 0 atom stereocenters. The number of rotatable bonds is 2. The highest BCUT2D eigenvalue weighted by molar-refractivity contribution is 5.76. The Labute approximate surface area is 150 Å². The quantitative estimate of drug-likeness (QED) is 0.660. The van der Waals surface area contributed by atoms with Crippen molar-refractivity contribution >= 4 is 0 Å². The summed E-state index contributed by atoms with van der Waals surface area (Å²) >= 11 is 0. The van der Waals surface area contributed by atoms with Gasteiger partial charge in [0.25, 0.3) is 0 Å². The summed E-state index contributed by atoms with van der Waals surface area (Å²) in [4.78, 5) is 5.16. The van der Waals surface area contributed by atoms with Gasteiger partial charge in [0.05, 0.1) is 11.3 Å². The summed E-state index contributed by atoms with van der Waals surface area (Å²) in [5.74, 6) is 0. The maximum absolute atomic E-state index is 10.1. The van der Waals surface area contributed by atoms with E-state index in [-0.39, 0.29) is 5.41 Å². The Morgan fingerprint density at radius 2 is 1.68 bits per heavy atom. The number of nitriles is 1. The van der Waals surface area contributed by atoms with Crippen molar-refractivity contribution in [2.75, 3.05) is 0 Å². The van der Waals surface area contributed by atoms with Gasteiger partial charge in [-0.15, -0.1) is 0 Å². The number of pyridine rings is 1. The van der Waals surface area contributed by atoms with Crippen LogP contribution in [0.4, 0.5) is 0 Å². The highest BCUT2D eigenvalue weighted by atomic mass is 14.8. The standard InChI is InChI=1S/C23H26N2/c1-23(14-8-9-15-23)22-19(16-24)21(17-10-4-2-5-11-17)18-12-6-3-7-13-20(18)25-22/h2,4-5,10-11H,3,6-9,12-15H2,1H3. The van der Waals surface area contributed by atoms with Crippen LogP contribution in [-0.2, 0) is 18.3 Å². The first-order chi connectivity index (χ1) is 12.2. The van der Waals surface area contributed by atoms with Gasteiger partial charge in [-0.05, 0) is 49.7 Å². The SMILES string of the molecule is CC1(c2nc3c(c(-c4ccccc4)c2C#N)CCCCC3)CCCC1. The Morgan fingerprint density at radius 3 is 2.40 bits per heavy atom. The van der Waals surface area contributed by atoms with E-state index in [9.17, 15) is 5.26 Å². The number of aryl methyl sites for hydroxylation is 1. The molecule has 0 bridgehead atoms. The summed E-state index contributed by atoms with van der Waals surface area (Å²) in [6.07, 6.45) is 10.6. The minimum atomic E-state index is 0.0654. The molecule has 0 amide bonds. The van der Waals surface area contributed by atoms with Gasteiger partial charge in [0.2, 0.25) is 0 Å². The van der Waals surface area contributed by atoms with Crippen molar-refractivity contribution in [3.05, 3.63) is 52.8 Å². The number of hydrogen-bond acceptors (Lipinski definition) is 2.